The van der Waals surface area contributed by atoms with Crippen LogP contribution in [0.1, 0.15) is 85.8 Å². The molecule has 0 radical (unpaired) electrons. The molecule has 0 aromatic heterocycles. The van der Waals surface area contributed by atoms with Crippen LogP contribution in [-0.2, 0) is 46.3 Å². The quantitative estimate of drug-likeness (QED) is 0.0211. The number of esters is 3. The van der Waals surface area contributed by atoms with Crippen LogP contribution in [0.5, 0.6) is 17.2 Å². The van der Waals surface area contributed by atoms with Crippen molar-refractivity contribution in [3.05, 3.63) is 113 Å². The van der Waals surface area contributed by atoms with Gasteiger partial charge in [-0.25, -0.2) is 4.79 Å². The molecule has 4 aromatic rings. The van der Waals surface area contributed by atoms with Gasteiger partial charge in [0, 0.05) is 30.7 Å². The molecular formula is C50H53NO11. The zero-order valence-corrected chi connectivity index (χ0v) is 35.6. The molecule has 2 aliphatic rings. The highest BCUT2D eigenvalue weighted by molar-refractivity contribution is 6.12. The molecule has 1 aliphatic carbocycles. The number of benzene rings is 4. The van der Waals surface area contributed by atoms with Crippen molar-refractivity contribution in [2.75, 3.05) is 26.4 Å². The van der Waals surface area contributed by atoms with E-state index in [4.69, 9.17) is 23.7 Å². The fourth-order valence-corrected chi connectivity index (χ4v) is 7.65. The molecule has 62 heavy (non-hydrogen) atoms. The van der Waals surface area contributed by atoms with Crippen molar-refractivity contribution in [3.63, 3.8) is 0 Å². The van der Waals surface area contributed by atoms with Crippen molar-refractivity contribution in [1.82, 2.24) is 4.90 Å². The van der Waals surface area contributed by atoms with E-state index < -0.39 is 11.9 Å². The van der Waals surface area contributed by atoms with Gasteiger partial charge in [0.15, 0.2) is 6.29 Å². The van der Waals surface area contributed by atoms with E-state index in [1.54, 1.807) is 19.1 Å². The van der Waals surface area contributed by atoms with E-state index in [-0.39, 0.29) is 55.1 Å². The van der Waals surface area contributed by atoms with Gasteiger partial charge in [-0.3, -0.25) is 28.9 Å². The van der Waals surface area contributed by atoms with Gasteiger partial charge < -0.3 is 23.7 Å². The van der Waals surface area contributed by atoms with Gasteiger partial charge in [-0.05, 0) is 134 Å². The molecule has 0 N–H and O–H groups in total. The molecule has 1 fully saturated rings. The number of ether oxygens (including phenoxy) is 5. The fraction of sp³-hybridized carbons (Fsp3) is 0.360. The fourth-order valence-electron chi connectivity index (χ4n) is 7.65. The number of nitrogens with zero attached hydrogens (tertiary/aromatic N) is 1. The van der Waals surface area contributed by atoms with Crippen molar-refractivity contribution in [2.24, 2.45) is 5.92 Å². The van der Waals surface area contributed by atoms with Crippen molar-refractivity contribution in [1.29, 1.82) is 0 Å². The third-order valence-corrected chi connectivity index (χ3v) is 11.0. The summed E-state index contributed by atoms with van der Waals surface area (Å²) >= 11 is 0. The molecule has 1 heterocycles. The summed E-state index contributed by atoms with van der Waals surface area (Å²) in [5, 5.41) is 1.81. The smallest absolute Gasteiger partial charge is 0.333 e. The third kappa shape index (κ3) is 11.9. The second kappa shape index (κ2) is 21.4. The minimum Gasteiger partial charge on any atom is -0.493 e. The lowest BCUT2D eigenvalue weighted by molar-refractivity contribution is -0.144. The molecule has 2 amide bonds. The van der Waals surface area contributed by atoms with Gasteiger partial charge in [0.25, 0.3) is 11.8 Å². The van der Waals surface area contributed by atoms with E-state index in [0.29, 0.717) is 80.8 Å². The van der Waals surface area contributed by atoms with E-state index in [2.05, 4.69) is 6.58 Å². The molecule has 0 atom stereocenters. The zero-order chi connectivity index (χ0) is 44.2. The first-order valence-electron chi connectivity index (χ1n) is 21.2. The number of rotatable bonds is 20. The van der Waals surface area contributed by atoms with Gasteiger partial charge in [-0.2, -0.15) is 0 Å². The van der Waals surface area contributed by atoms with Crippen molar-refractivity contribution in [2.45, 2.75) is 84.7 Å². The first-order chi connectivity index (χ1) is 29.9. The van der Waals surface area contributed by atoms with Crippen LogP contribution in [0.15, 0.2) is 91.0 Å². The number of carbonyl (C=O) groups excluding carboxylic acids is 6. The summed E-state index contributed by atoms with van der Waals surface area (Å²) in [5.41, 5.74) is 4.91. The number of carbonyl (C=O) groups is 6. The minimum absolute atomic E-state index is 0.00364. The van der Waals surface area contributed by atoms with Crippen LogP contribution in [0.25, 0.3) is 21.9 Å². The Morgan fingerprint density at radius 1 is 0.823 bits per heavy atom. The van der Waals surface area contributed by atoms with Gasteiger partial charge in [0.05, 0.1) is 30.8 Å². The Labute approximate surface area is 361 Å². The molecule has 0 saturated heterocycles. The Morgan fingerprint density at radius 3 is 2.27 bits per heavy atom. The van der Waals surface area contributed by atoms with Crippen LogP contribution in [-0.4, -0.2) is 73.4 Å². The molecule has 0 unspecified atom stereocenters. The zero-order valence-electron chi connectivity index (χ0n) is 35.6. The van der Waals surface area contributed by atoms with Gasteiger partial charge >= 0.3 is 17.9 Å². The second-order valence-electron chi connectivity index (χ2n) is 15.8. The van der Waals surface area contributed by atoms with E-state index in [1.807, 2.05) is 68.4 Å². The predicted octanol–water partition coefficient (Wildman–Crippen LogP) is 8.41. The van der Waals surface area contributed by atoms with E-state index >= 15 is 0 Å². The van der Waals surface area contributed by atoms with E-state index in [1.165, 1.54) is 17.1 Å². The summed E-state index contributed by atoms with van der Waals surface area (Å²) in [6.45, 7) is 10.2. The van der Waals surface area contributed by atoms with Crippen molar-refractivity contribution < 1.29 is 52.5 Å². The molecule has 12 heteroatoms. The first-order valence-corrected chi connectivity index (χ1v) is 21.2. The highest BCUT2D eigenvalue weighted by atomic mass is 16.6. The topological polar surface area (TPSA) is 152 Å². The van der Waals surface area contributed by atoms with Crippen molar-refractivity contribution >= 4 is 46.8 Å². The van der Waals surface area contributed by atoms with E-state index in [9.17, 15) is 28.8 Å². The monoisotopic (exact) mass is 843 g/mol. The Balaban J connectivity index is 1.01. The average Bonchev–Trinajstić information content (AvgIpc) is 3.59. The van der Waals surface area contributed by atoms with Crippen LogP contribution in [0.2, 0.25) is 0 Å². The molecule has 12 nitrogen and oxygen atoms in total. The van der Waals surface area contributed by atoms with Crippen LogP contribution in [0.4, 0.5) is 0 Å². The van der Waals surface area contributed by atoms with Crippen LogP contribution in [0.3, 0.4) is 0 Å². The summed E-state index contributed by atoms with van der Waals surface area (Å²) in [4.78, 5) is 74.9. The largest absolute Gasteiger partial charge is 0.493 e. The summed E-state index contributed by atoms with van der Waals surface area (Å²) in [6.07, 6.45) is 8.39. The Morgan fingerprint density at radius 2 is 1.56 bits per heavy atom. The number of hydrogen-bond acceptors (Lipinski definition) is 11. The van der Waals surface area contributed by atoms with Crippen molar-refractivity contribution in [3.8, 4) is 28.4 Å². The highest BCUT2D eigenvalue weighted by Crippen LogP contribution is 2.35. The van der Waals surface area contributed by atoms with Gasteiger partial charge in [0.1, 0.15) is 23.9 Å². The lowest BCUT2D eigenvalue weighted by Gasteiger charge is -2.27. The number of amides is 2. The second-order valence-corrected chi connectivity index (χ2v) is 15.8. The lowest BCUT2D eigenvalue weighted by atomic mass is 9.87. The number of fused-ring (bicyclic) bond motifs is 1. The maximum Gasteiger partial charge on any atom is 0.333 e. The molecular weight excluding hydrogens is 791 g/mol. The molecule has 1 aliphatic heterocycles. The predicted molar refractivity (Wildman–Crippen MR) is 233 cm³/mol. The van der Waals surface area contributed by atoms with E-state index in [0.717, 1.165) is 51.3 Å². The minimum atomic E-state index is -0.448. The Kier molecular flexibility index (Phi) is 15.6. The maximum absolute atomic E-state index is 13.2. The summed E-state index contributed by atoms with van der Waals surface area (Å²) in [5.74, 6) is -0.580. The molecule has 6 rings (SSSR count). The SMILES string of the molecule is C=C(C)C(=O)OCCOC1CCC(C(=O)Oc2ccc3cc(-c4cc(C=O)c(OC(=O)CCc5ccc(OCCCN6C(=O)C=CC6=O)c(C)c5)c(CCC)c4)ccc3c2)CC1. The lowest BCUT2D eigenvalue weighted by Crippen LogP contribution is -2.31. The summed E-state index contributed by atoms with van der Waals surface area (Å²) < 4.78 is 28.5. The van der Waals surface area contributed by atoms with Crippen LogP contribution < -0.4 is 14.2 Å². The molecule has 0 bridgehead atoms. The first kappa shape index (κ1) is 45.1. The maximum atomic E-state index is 13.2. The summed E-state index contributed by atoms with van der Waals surface area (Å²) in [7, 11) is 0. The Hall–Kier alpha value is -6.40. The van der Waals surface area contributed by atoms with Gasteiger partial charge in [0.2, 0.25) is 0 Å². The Bertz CT molecular complexity index is 2350. The summed E-state index contributed by atoms with van der Waals surface area (Å²) in [6, 6.07) is 20.8. The standard InChI is InChI=1S/C50H53NO11/c1-5-7-39-28-40(29-41(31-52)48(39)62-47(55)21-9-34-8-18-44(33(4)26-34)59-23-6-22-51-45(53)19-20-46(51)54)37-10-11-38-30-43(17-14-36(38)27-37)61-50(57)35-12-15-42(16-13-35)58-24-25-60-49(56)32(2)3/h8,10-11,14,17-20,26-31,35,42H,2,5-7,9,12-13,15-16,21-25H2,1,3-4H3. The third-order valence-electron chi connectivity index (χ3n) is 11.0. The molecule has 4 aromatic carbocycles. The highest BCUT2D eigenvalue weighted by Gasteiger charge is 2.28. The van der Waals surface area contributed by atoms with Gasteiger partial charge in [-0.1, -0.05) is 50.3 Å². The molecule has 324 valence electrons. The number of imide groups is 1. The van der Waals surface area contributed by atoms with Crippen LogP contribution in [0, 0.1) is 12.8 Å². The molecule has 0 spiro atoms. The number of aldehydes is 1. The van der Waals surface area contributed by atoms with Crippen LogP contribution >= 0.6 is 0 Å². The number of aryl methyl sites for hydroxylation is 3. The molecule has 1 saturated carbocycles. The van der Waals surface area contributed by atoms with Gasteiger partial charge in [-0.15, -0.1) is 0 Å². The average molecular weight is 844 g/mol. The normalized spacial score (nSPS) is 16.0. The number of hydrogen-bond donors (Lipinski definition) is 0.